The van der Waals surface area contributed by atoms with Crippen LogP contribution in [-0.4, -0.2) is 38.4 Å². The van der Waals surface area contributed by atoms with E-state index in [0.29, 0.717) is 43.9 Å². The smallest absolute Gasteiger partial charge is 0.278 e. The van der Waals surface area contributed by atoms with Crippen LogP contribution in [0.3, 0.4) is 0 Å². The number of Topliss-reactive ketones (excluding diaryl/α,β-unsaturated/α-hetero) is 1. The van der Waals surface area contributed by atoms with Crippen molar-refractivity contribution < 1.29 is 13.9 Å². The molecule has 2 aromatic carbocycles. The van der Waals surface area contributed by atoms with Crippen molar-refractivity contribution in [2.45, 2.75) is 30.6 Å². The van der Waals surface area contributed by atoms with Gasteiger partial charge in [-0.25, -0.2) is 9.37 Å². The molecule has 0 bridgehead atoms. The summed E-state index contributed by atoms with van der Waals surface area (Å²) < 4.78 is 23.6. The molecule has 34 heavy (non-hydrogen) atoms. The standard InChI is InChI=1S/C24H20FN3O3S3/c25-16-8-10-17(11-9-16)28-22(30)20-21(27(24(32)34-20)13-18-7-4-12-31-18)26-23(28)33-14-19(29)15-5-2-1-3-6-15/h1-3,5-6,8-11,18H,4,7,12-14H2. The molecule has 6 nitrogen and oxygen atoms in total. The molecule has 0 amide bonds. The maximum atomic E-state index is 13.6. The van der Waals surface area contributed by atoms with Crippen molar-refractivity contribution in [3.8, 4) is 5.69 Å². The quantitative estimate of drug-likeness (QED) is 0.145. The highest BCUT2D eigenvalue weighted by atomic mass is 32.2. The van der Waals surface area contributed by atoms with Gasteiger partial charge in [0.2, 0.25) is 0 Å². The van der Waals surface area contributed by atoms with Gasteiger partial charge in [0, 0.05) is 12.2 Å². The monoisotopic (exact) mass is 513 g/mol. The van der Waals surface area contributed by atoms with E-state index in [1.165, 1.54) is 51.9 Å². The topological polar surface area (TPSA) is 66.1 Å². The maximum absolute atomic E-state index is 13.6. The van der Waals surface area contributed by atoms with Gasteiger partial charge in [0.25, 0.3) is 5.56 Å². The van der Waals surface area contributed by atoms with E-state index in [1.54, 1.807) is 24.3 Å². The van der Waals surface area contributed by atoms with Crippen molar-refractivity contribution in [3.05, 3.63) is 80.3 Å². The van der Waals surface area contributed by atoms with Crippen LogP contribution >= 0.6 is 35.3 Å². The Morgan fingerprint density at radius 3 is 2.68 bits per heavy atom. The van der Waals surface area contributed by atoms with Crippen molar-refractivity contribution in [3.63, 3.8) is 0 Å². The number of aromatic nitrogens is 3. The molecule has 174 valence electrons. The van der Waals surface area contributed by atoms with Crippen LogP contribution in [0, 0.1) is 9.77 Å². The number of thiazole rings is 1. The number of fused-ring (bicyclic) bond motifs is 1. The van der Waals surface area contributed by atoms with Crippen molar-refractivity contribution in [1.82, 2.24) is 14.1 Å². The summed E-state index contributed by atoms with van der Waals surface area (Å²) in [7, 11) is 0. The van der Waals surface area contributed by atoms with Gasteiger partial charge < -0.3 is 9.30 Å². The van der Waals surface area contributed by atoms with Crippen LogP contribution in [0.2, 0.25) is 0 Å². The maximum Gasteiger partial charge on any atom is 0.278 e. The predicted octanol–water partition coefficient (Wildman–Crippen LogP) is 5.27. The number of benzene rings is 2. The zero-order valence-electron chi connectivity index (χ0n) is 18.0. The summed E-state index contributed by atoms with van der Waals surface area (Å²) >= 11 is 7.95. The molecule has 1 saturated heterocycles. The Labute approximate surface area is 208 Å². The largest absolute Gasteiger partial charge is 0.376 e. The van der Waals surface area contributed by atoms with Crippen LogP contribution in [-0.2, 0) is 11.3 Å². The molecule has 1 unspecified atom stereocenters. The molecule has 0 spiro atoms. The summed E-state index contributed by atoms with van der Waals surface area (Å²) in [4.78, 5) is 31.1. The van der Waals surface area contributed by atoms with Gasteiger partial charge in [-0.3, -0.25) is 14.2 Å². The SMILES string of the molecule is O=C(CSc1nc2c(sc(=S)n2CC2CCCO2)c(=O)n1-c1ccc(F)cc1)c1ccccc1. The van der Waals surface area contributed by atoms with Crippen LogP contribution in [0.1, 0.15) is 23.2 Å². The molecule has 1 aliphatic heterocycles. The zero-order chi connectivity index (χ0) is 23.7. The fourth-order valence-corrected chi connectivity index (χ4v) is 6.06. The van der Waals surface area contributed by atoms with Gasteiger partial charge in [-0.15, -0.1) is 0 Å². The Morgan fingerprint density at radius 1 is 1.21 bits per heavy atom. The minimum Gasteiger partial charge on any atom is -0.376 e. The van der Waals surface area contributed by atoms with E-state index >= 15 is 0 Å². The lowest BCUT2D eigenvalue weighted by Gasteiger charge is -2.14. The number of ether oxygens (including phenoxy) is 1. The van der Waals surface area contributed by atoms with Gasteiger partial charge in [-0.05, 0) is 49.3 Å². The third-order valence-corrected chi connectivity index (χ3v) is 7.95. The summed E-state index contributed by atoms with van der Waals surface area (Å²) in [5.74, 6) is -0.385. The third kappa shape index (κ3) is 4.63. The van der Waals surface area contributed by atoms with E-state index in [9.17, 15) is 14.0 Å². The van der Waals surface area contributed by atoms with E-state index in [-0.39, 0.29) is 23.2 Å². The number of thioether (sulfide) groups is 1. The van der Waals surface area contributed by atoms with Gasteiger partial charge in [-0.1, -0.05) is 53.4 Å². The van der Waals surface area contributed by atoms with Crippen LogP contribution in [0.15, 0.2) is 64.5 Å². The lowest BCUT2D eigenvalue weighted by atomic mass is 10.2. The lowest BCUT2D eigenvalue weighted by molar-refractivity contribution is 0.0977. The molecular formula is C24H20FN3O3S3. The second-order valence-electron chi connectivity index (χ2n) is 7.86. The lowest BCUT2D eigenvalue weighted by Crippen LogP contribution is -2.23. The number of hydrogen-bond donors (Lipinski definition) is 0. The number of ketones is 1. The molecule has 0 N–H and O–H groups in total. The average molecular weight is 514 g/mol. The van der Waals surface area contributed by atoms with Gasteiger partial charge >= 0.3 is 0 Å². The average Bonchev–Trinajstić information content (AvgIpc) is 3.48. The third-order valence-electron chi connectivity index (χ3n) is 5.58. The fraction of sp³-hybridized carbons (Fsp3) is 0.250. The van der Waals surface area contributed by atoms with Gasteiger partial charge in [0.05, 0.1) is 24.1 Å². The Morgan fingerprint density at radius 2 is 1.97 bits per heavy atom. The van der Waals surface area contributed by atoms with Crippen LogP contribution in [0.4, 0.5) is 4.39 Å². The normalized spacial score (nSPS) is 15.7. The van der Waals surface area contributed by atoms with Crippen molar-refractivity contribution in [2.75, 3.05) is 12.4 Å². The van der Waals surface area contributed by atoms with E-state index in [4.69, 9.17) is 21.9 Å². The Kier molecular flexibility index (Phi) is 6.73. The summed E-state index contributed by atoms with van der Waals surface area (Å²) in [5.41, 5.74) is 1.25. The fourth-order valence-electron chi connectivity index (χ4n) is 3.88. The number of nitrogens with zero attached hydrogens (tertiary/aromatic N) is 3. The van der Waals surface area contributed by atoms with Crippen LogP contribution in [0.25, 0.3) is 16.0 Å². The molecule has 1 atom stereocenters. The van der Waals surface area contributed by atoms with E-state index in [2.05, 4.69) is 0 Å². The van der Waals surface area contributed by atoms with Crippen molar-refractivity contribution in [2.24, 2.45) is 0 Å². The molecule has 1 fully saturated rings. The summed E-state index contributed by atoms with van der Waals surface area (Å²) in [6.45, 7) is 1.24. The van der Waals surface area contributed by atoms with Gasteiger partial charge in [0.15, 0.2) is 20.5 Å². The van der Waals surface area contributed by atoms with Crippen LogP contribution in [0.5, 0.6) is 0 Å². The molecule has 1 aliphatic rings. The molecule has 10 heteroatoms. The second kappa shape index (κ2) is 9.91. The minimum atomic E-state index is -0.405. The zero-order valence-corrected chi connectivity index (χ0v) is 20.4. The molecule has 2 aromatic heterocycles. The first-order valence-corrected chi connectivity index (χ1v) is 13.0. The first-order chi connectivity index (χ1) is 16.5. The number of halogens is 1. The molecule has 0 radical (unpaired) electrons. The van der Waals surface area contributed by atoms with Crippen molar-refractivity contribution in [1.29, 1.82) is 0 Å². The Balaban J connectivity index is 1.60. The second-order valence-corrected chi connectivity index (χ2v) is 10.4. The molecule has 5 rings (SSSR count). The molecular weight excluding hydrogens is 493 g/mol. The number of hydrogen-bond acceptors (Lipinski definition) is 7. The van der Waals surface area contributed by atoms with Gasteiger partial charge in [0.1, 0.15) is 10.5 Å². The molecule has 0 saturated carbocycles. The summed E-state index contributed by atoms with van der Waals surface area (Å²) in [6.07, 6.45) is 1.95. The number of rotatable bonds is 7. The van der Waals surface area contributed by atoms with Crippen LogP contribution < -0.4 is 5.56 Å². The number of carbonyl (C=O) groups excluding carboxylic acids is 1. The summed E-state index contributed by atoms with van der Waals surface area (Å²) in [6, 6.07) is 14.6. The van der Waals surface area contributed by atoms with E-state index < -0.39 is 5.82 Å². The van der Waals surface area contributed by atoms with Gasteiger partial charge in [-0.2, -0.15) is 0 Å². The highest BCUT2D eigenvalue weighted by Gasteiger charge is 2.22. The Bertz CT molecular complexity index is 1460. The highest BCUT2D eigenvalue weighted by molar-refractivity contribution is 7.99. The highest BCUT2D eigenvalue weighted by Crippen LogP contribution is 2.27. The minimum absolute atomic E-state index is 0.0293. The Hall–Kier alpha value is -2.66. The predicted molar refractivity (Wildman–Crippen MR) is 134 cm³/mol. The summed E-state index contributed by atoms with van der Waals surface area (Å²) in [5, 5.41) is 0.349. The first kappa shape index (κ1) is 23.1. The molecule has 3 heterocycles. The number of carbonyl (C=O) groups is 1. The molecule has 0 aliphatic carbocycles. The first-order valence-electron chi connectivity index (χ1n) is 10.8. The van der Waals surface area contributed by atoms with E-state index in [1.807, 2.05) is 10.6 Å². The van der Waals surface area contributed by atoms with Crippen molar-refractivity contribution >= 4 is 51.4 Å². The molecule has 4 aromatic rings. The van der Waals surface area contributed by atoms with E-state index in [0.717, 1.165) is 12.8 Å².